The minimum Gasteiger partial charge on any atom is -0.354 e. The summed E-state index contributed by atoms with van der Waals surface area (Å²) in [6.07, 6.45) is 2.68. The normalized spacial score (nSPS) is 21.0. The fourth-order valence-corrected chi connectivity index (χ4v) is 3.89. The van der Waals surface area contributed by atoms with E-state index in [1.165, 1.54) is 11.6 Å². The van der Waals surface area contributed by atoms with Gasteiger partial charge in [0.05, 0.1) is 0 Å². The van der Waals surface area contributed by atoms with Crippen molar-refractivity contribution in [3.8, 4) is 0 Å². The van der Waals surface area contributed by atoms with Crippen LogP contribution in [0.4, 0.5) is 0 Å². The second-order valence-electron chi connectivity index (χ2n) is 7.97. The van der Waals surface area contributed by atoms with Crippen LogP contribution in [-0.2, 0) is 12.5 Å². The number of pyridine rings is 1. The van der Waals surface area contributed by atoms with Gasteiger partial charge in [0.15, 0.2) is 5.43 Å². The number of aryl methyl sites for hydroxylation is 2. The molecule has 0 radical (unpaired) electrons. The van der Waals surface area contributed by atoms with E-state index in [9.17, 15) is 9.59 Å². The molecular formula is C21H26N2O2. The number of benzene rings is 1. The first kappa shape index (κ1) is 17.5. The van der Waals surface area contributed by atoms with E-state index in [4.69, 9.17) is 0 Å². The number of carbonyl (C=O) groups excluding carboxylic acids is 1. The Hall–Kier alpha value is -2.36. The molecule has 0 spiro atoms. The molecule has 0 saturated heterocycles. The van der Waals surface area contributed by atoms with E-state index in [1.54, 1.807) is 18.1 Å². The fourth-order valence-electron chi connectivity index (χ4n) is 3.89. The van der Waals surface area contributed by atoms with Gasteiger partial charge in [0.2, 0.25) is 0 Å². The maximum atomic E-state index is 12.9. The maximum Gasteiger partial charge on any atom is 0.259 e. The van der Waals surface area contributed by atoms with Gasteiger partial charge >= 0.3 is 0 Å². The molecule has 3 rings (SSSR count). The Kier molecular flexibility index (Phi) is 4.10. The van der Waals surface area contributed by atoms with Crippen LogP contribution in [0, 0.1) is 12.3 Å². The van der Waals surface area contributed by atoms with Gasteiger partial charge in [-0.2, -0.15) is 0 Å². The number of likely N-dealkylation sites (N-methyl/N-ethyl adjacent to an activating group) is 1. The molecule has 1 heterocycles. The highest BCUT2D eigenvalue weighted by molar-refractivity contribution is 5.93. The van der Waals surface area contributed by atoms with E-state index in [2.05, 4.69) is 26.0 Å². The SMILES string of the molecule is Cc1cc(=O)c(C(=O)N(C)C[C@]2(c3ccccc3)CC2(C)C)cn1C. The van der Waals surface area contributed by atoms with Crippen LogP contribution in [0.2, 0.25) is 0 Å². The highest BCUT2D eigenvalue weighted by atomic mass is 16.2. The van der Waals surface area contributed by atoms with Crippen molar-refractivity contribution in [1.82, 2.24) is 9.47 Å². The predicted octanol–water partition coefficient (Wildman–Crippen LogP) is 3.13. The second kappa shape index (κ2) is 5.87. The van der Waals surface area contributed by atoms with Crippen molar-refractivity contribution in [2.75, 3.05) is 13.6 Å². The lowest BCUT2D eigenvalue weighted by Gasteiger charge is -2.28. The third kappa shape index (κ3) is 2.90. The summed E-state index contributed by atoms with van der Waals surface area (Å²) in [5.74, 6) is -0.210. The van der Waals surface area contributed by atoms with Crippen molar-refractivity contribution in [3.05, 3.63) is 69.6 Å². The lowest BCUT2D eigenvalue weighted by atomic mass is 9.87. The number of nitrogens with zero attached hydrogens (tertiary/aromatic N) is 2. The van der Waals surface area contributed by atoms with Gasteiger partial charge in [-0.25, -0.2) is 0 Å². The lowest BCUT2D eigenvalue weighted by molar-refractivity contribution is 0.0773. The van der Waals surface area contributed by atoms with Crippen LogP contribution in [0.1, 0.15) is 41.9 Å². The molecule has 0 aliphatic heterocycles. The molecule has 132 valence electrons. The fraction of sp³-hybridized carbons (Fsp3) is 0.429. The molecule has 1 aliphatic carbocycles. The standard InChI is InChI=1S/C21H26N2O2/c1-15-11-18(24)17(12-22(15)4)19(25)23(5)14-21(13-20(21,2)3)16-9-7-6-8-10-16/h6-12H,13-14H2,1-5H3/t21-/m0/s1. The first-order chi connectivity index (χ1) is 11.7. The molecule has 4 heteroatoms. The first-order valence-electron chi connectivity index (χ1n) is 8.66. The van der Waals surface area contributed by atoms with E-state index in [1.807, 2.05) is 36.7 Å². The molecule has 0 unspecified atom stereocenters. The average Bonchev–Trinajstić information content (AvgIpc) is 3.13. The van der Waals surface area contributed by atoms with Crippen LogP contribution in [0.25, 0.3) is 0 Å². The molecule has 2 aromatic rings. The minimum atomic E-state index is -0.212. The second-order valence-corrected chi connectivity index (χ2v) is 7.97. The van der Waals surface area contributed by atoms with Crippen molar-refractivity contribution >= 4 is 5.91 Å². The van der Waals surface area contributed by atoms with E-state index < -0.39 is 0 Å². The Morgan fingerprint density at radius 2 is 1.84 bits per heavy atom. The van der Waals surface area contributed by atoms with E-state index in [0.717, 1.165) is 12.1 Å². The molecule has 1 amide bonds. The number of rotatable bonds is 4. The third-order valence-electron chi connectivity index (χ3n) is 5.81. The highest BCUT2D eigenvalue weighted by Gasteiger charge is 2.62. The quantitative estimate of drug-likeness (QED) is 0.859. The van der Waals surface area contributed by atoms with Gasteiger partial charge in [0, 0.05) is 44.0 Å². The van der Waals surface area contributed by atoms with Crippen molar-refractivity contribution in [1.29, 1.82) is 0 Å². The molecule has 0 N–H and O–H groups in total. The zero-order valence-corrected chi connectivity index (χ0v) is 15.7. The van der Waals surface area contributed by atoms with E-state index in [-0.39, 0.29) is 27.7 Å². The summed E-state index contributed by atoms with van der Waals surface area (Å²) in [5.41, 5.74) is 2.22. The molecule has 1 atom stereocenters. The lowest BCUT2D eigenvalue weighted by Crippen LogP contribution is -2.38. The van der Waals surface area contributed by atoms with E-state index in [0.29, 0.717) is 6.54 Å². The van der Waals surface area contributed by atoms with Gasteiger partial charge in [-0.3, -0.25) is 9.59 Å². The maximum absolute atomic E-state index is 12.9. The Balaban J connectivity index is 1.89. The number of hydrogen-bond donors (Lipinski definition) is 0. The molecule has 1 aromatic carbocycles. The predicted molar refractivity (Wildman–Crippen MR) is 99.9 cm³/mol. The average molecular weight is 338 g/mol. The van der Waals surface area contributed by atoms with Crippen LogP contribution in [-0.4, -0.2) is 29.0 Å². The van der Waals surface area contributed by atoms with Crippen molar-refractivity contribution < 1.29 is 4.79 Å². The Labute approximate surface area is 149 Å². The third-order valence-corrected chi connectivity index (χ3v) is 5.81. The summed E-state index contributed by atoms with van der Waals surface area (Å²) in [4.78, 5) is 26.8. The Morgan fingerprint density at radius 3 is 2.40 bits per heavy atom. The summed E-state index contributed by atoms with van der Waals surface area (Å²) in [6.45, 7) is 6.95. The van der Waals surface area contributed by atoms with Crippen molar-refractivity contribution in [3.63, 3.8) is 0 Å². The molecule has 4 nitrogen and oxygen atoms in total. The smallest absolute Gasteiger partial charge is 0.259 e. The molecule has 1 saturated carbocycles. The van der Waals surface area contributed by atoms with E-state index >= 15 is 0 Å². The van der Waals surface area contributed by atoms with Crippen LogP contribution in [0.15, 0.2) is 47.4 Å². The summed E-state index contributed by atoms with van der Waals surface area (Å²) >= 11 is 0. The molecular weight excluding hydrogens is 312 g/mol. The summed E-state index contributed by atoms with van der Waals surface area (Å²) in [7, 11) is 3.64. The largest absolute Gasteiger partial charge is 0.354 e. The van der Waals surface area contributed by atoms with Crippen LogP contribution in [0.3, 0.4) is 0 Å². The van der Waals surface area contributed by atoms with Gasteiger partial charge < -0.3 is 9.47 Å². The number of carbonyl (C=O) groups is 1. The molecule has 1 aliphatic rings. The summed E-state index contributed by atoms with van der Waals surface area (Å²) < 4.78 is 1.82. The number of hydrogen-bond acceptors (Lipinski definition) is 2. The zero-order chi connectivity index (χ0) is 18.4. The minimum absolute atomic E-state index is 0.0470. The van der Waals surface area contributed by atoms with Gasteiger partial charge in [0.1, 0.15) is 5.56 Å². The highest BCUT2D eigenvalue weighted by Crippen LogP contribution is 2.64. The van der Waals surface area contributed by atoms with Gasteiger partial charge in [0.25, 0.3) is 5.91 Å². The van der Waals surface area contributed by atoms with Gasteiger partial charge in [-0.15, -0.1) is 0 Å². The molecule has 1 fully saturated rings. The molecule has 25 heavy (non-hydrogen) atoms. The molecule has 0 bridgehead atoms. The Bertz CT molecular complexity index is 867. The molecule has 1 aromatic heterocycles. The van der Waals surface area contributed by atoms with Gasteiger partial charge in [-0.05, 0) is 24.3 Å². The van der Waals surface area contributed by atoms with Crippen LogP contribution in [0.5, 0.6) is 0 Å². The van der Waals surface area contributed by atoms with Crippen molar-refractivity contribution in [2.24, 2.45) is 12.5 Å². The number of amides is 1. The van der Waals surface area contributed by atoms with Crippen LogP contribution < -0.4 is 5.43 Å². The summed E-state index contributed by atoms with van der Waals surface area (Å²) in [6, 6.07) is 11.9. The van der Waals surface area contributed by atoms with Crippen LogP contribution >= 0.6 is 0 Å². The zero-order valence-electron chi connectivity index (χ0n) is 15.7. The number of aromatic nitrogens is 1. The topological polar surface area (TPSA) is 42.3 Å². The Morgan fingerprint density at radius 1 is 1.24 bits per heavy atom. The monoisotopic (exact) mass is 338 g/mol. The van der Waals surface area contributed by atoms with Gasteiger partial charge in [-0.1, -0.05) is 44.2 Å². The van der Waals surface area contributed by atoms with Crippen molar-refractivity contribution in [2.45, 2.75) is 32.6 Å². The summed E-state index contributed by atoms with van der Waals surface area (Å²) in [5, 5.41) is 0. The first-order valence-corrected chi connectivity index (χ1v) is 8.66.